The molecule has 0 amide bonds. The Hall–Kier alpha value is -1.07. The van der Waals surface area contributed by atoms with Gasteiger partial charge in [0, 0.05) is 23.7 Å². The van der Waals surface area contributed by atoms with E-state index in [2.05, 4.69) is 21.2 Å². The first kappa shape index (κ1) is 17.0. The average Bonchev–Trinajstić information content (AvgIpc) is 2.40. The van der Waals surface area contributed by atoms with E-state index in [-0.39, 0.29) is 5.97 Å². The lowest BCUT2D eigenvalue weighted by Crippen LogP contribution is -2.49. The van der Waals surface area contributed by atoms with Crippen LogP contribution in [0.15, 0.2) is 28.7 Å². The lowest BCUT2D eigenvalue weighted by Gasteiger charge is -2.36. The van der Waals surface area contributed by atoms with Crippen LogP contribution in [0.4, 0.5) is 5.69 Å². The smallest absolute Gasteiger partial charge is 0.331 e. The Labute approximate surface area is 129 Å². The molecule has 0 bridgehead atoms. The number of nitrogens with one attached hydrogen (secondary N) is 1. The molecule has 0 fully saturated rings. The van der Waals surface area contributed by atoms with E-state index in [4.69, 9.17) is 9.47 Å². The van der Waals surface area contributed by atoms with E-state index in [9.17, 15) is 4.79 Å². The maximum atomic E-state index is 12.1. The van der Waals surface area contributed by atoms with Crippen molar-refractivity contribution >= 4 is 27.6 Å². The molecule has 20 heavy (non-hydrogen) atoms. The van der Waals surface area contributed by atoms with Crippen LogP contribution in [0.1, 0.15) is 27.2 Å². The molecule has 1 atom stereocenters. The van der Waals surface area contributed by atoms with Crippen LogP contribution < -0.4 is 5.32 Å². The standard InChI is InChI=1S/C15H22BrNO3/c1-14(2,20-5)10-15(3,13(18)19-4)17-12-8-6-11(16)7-9-12/h6-9,17H,10H2,1-5H3. The van der Waals surface area contributed by atoms with E-state index in [0.29, 0.717) is 6.42 Å². The number of methoxy groups -OCH3 is 2. The molecule has 1 rings (SSSR count). The first-order valence-corrected chi connectivity index (χ1v) is 7.19. The zero-order valence-corrected chi connectivity index (χ0v) is 14.2. The van der Waals surface area contributed by atoms with Crippen LogP contribution in [-0.2, 0) is 14.3 Å². The molecule has 4 nitrogen and oxygen atoms in total. The van der Waals surface area contributed by atoms with Crippen LogP contribution in [0.2, 0.25) is 0 Å². The molecular weight excluding hydrogens is 322 g/mol. The van der Waals surface area contributed by atoms with Gasteiger partial charge in [0.2, 0.25) is 0 Å². The molecular formula is C15H22BrNO3. The van der Waals surface area contributed by atoms with Crippen molar-refractivity contribution in [2.45, 2.75) is 38.3 Å². The third-order valence-corrected chi connectivity index (χ3v) is 3.76. The van der Waals surface area contributed by atoms with E-state index in [1.807, 2.05) is 45.0 Å². The molecule has 112 valence electrons. The molecule has 1 aromatic rings. The van der Waals surface area contributed by atoms with Crippen LogP contribution >= 0.6 is 15.9 Å². The average molecular weight is 344 g/mol. The highest BCUT2D eigenvalue weighted by atomic mass is 79.9. The highest BCUT2D eigenvalue weighted by molar-refractivity contribution is 9.10. The topological polar surface area (TPSA) is 47.6 Å². The molecule has 0 saturated heterocycles. The van der Waals surface area contributed by atoms with Gasteiger partial charge in [-0.05, 0) is 45.0 Å². The first-order chi connectivity index (χ1) is 9.22. The van der Waals surface area contributed by atoms with Gasteiger partial charge < -0.3 is 14.8 Å². The fraction of sp³-hybridized carbons (Fsp3) is 0.533. The van der Waals surface area contributed by atoms with Gasteiger partial charge in [-0.1, -0.05) is 15.9 Å². The van der Waals surface area contributed by atoms with Crippen LogP contribution in [-0.4, -0.2) is 31.3 Å². The van der Waals surface area contributed by atoms with E-state index < -0.39 is 11.1 Å². The number of rotatable bonds is 6. The van der Waals surface area contributed by atoms with Crippen LogP contribution in [0.3, 0.4) is 0 Å². The summed E-state index contributed by atoms with van der Waals surface area (Å²) >= 11 is 3.39. The Kier molecular flexibility index (Phi) is 5.59. The number of hydrogen-bond acceptors (Lipinski definition) is 4. The zero-order valence-electron chi connectivity index (χ0n) is 12.6. The van der Waals surface area contributed by atoms with Gasteiger partial charge in [0.25, 0.3) is 0 Å². The summed E-state index contributed by atoms with van der Waals surface area (Å²) in [4.78, 5) is 12.1. The molecule has 0 spiro atoms. The number of halogens is 1. The summed E-state index contributed by atoms with van der Waals surface area (Å²) in [6.07, 6.45) is 0.485. The SMILES string of the molecule is COC(=O)C(C)(CC(C)(C)OC)Nc1ccc(Br)cc1. The molecule has 0 heterocycles. The van der Waals surface area contributed by atoms with E-state index in [1.165, 1.54) is 7.11 Å². The molecule has 0 saturated carbocycles. The molecule has 0 aliphatic carbocycles. The summed E-state index contributed by atoms with van der Waals surface area (Å²) in [5.74, 6) is -0.314. The molecule has 5 heteroatoms. The predicted octanol–water partition coefficient (Wildman–Crippen LogP) is 3.61. The van der Waals surface area contributed by atoms with E-state index >= 15 is 0 Å². The molecule has 0 radical (unpaired) electrons. The van der Waals surface area contributed by atoms with Gasteiger partial charge in [-0.3, -0.25) is 0 Å². The van der Waals surface area contributed by atoms with Crippen LogP contribution in [0.25, 0.3) is 0 Å². The zero-order chi connectivity index (χ0) is 15.4. The number of benzene rings is 1. The molecule has 0 aromatic heterocycles. The number of carbonyl (C=O) groups is 1. The highest BCUT2D eigenvalue weighted by Crippen LogP contribution is 2.28. The Morgan fingerprint density at radius 3 is 2.20 bits per heavy atom. The number of carbonyl (C=O) groups excluding carboxylic acids is 1. The number of esters is 1. The lowest BCUT2D eigenvalue weighted by atomic mass is 9.87. The van der Waals surface area contributed by atoms with Crippen molar-refractivity contribution in [2.24, 2.45) is 0 Å². The monoisotopic (exact) mass is 343 g/mol. The van der Waals surface area contributed by atoms with Crippen molar-refractivity contribution in [1.82, 2.24) is 0 Å². The predicted molar refractivity (Wildman–Crippen MR) is 83.9 cm³/mol. The largest absolute Gasteiger partial charge is 0.467 e. The molecule has 1 aromatic carbocycles. The summed E-state index contributed by atoms with van der Waals surface area (Å²) in [5.41, 5.74) is -0.444. The Morgan fingerprint density at radius 1 is 1.20 bits per heavy atom. The van der Waals surface area contributed by atoms with Gasteiger partial charge in [0.1, 0.15) is 5.54 Å². The Bertz CT molecular complexity index is 459. The van der Waals surface area contributed by atoms with E-state index in [0.717, 1.165) is 10.2 Å². The van der Waals surface area contributed by atoms with Crippen molar-refractivity contribution in [2.75, 3.05) is 19.5 Å². The van der Waals surface area contributed by atoms with Crippen molar-refractivity contribution < 1.29 is 14.3 Å². The van der Waals surface area contributed by atoms with Crippen LogP contribution in [0.5, 0.6) is 0 Å². The number of ether oxygens (including phenoxy) is 2. The minimum atomic E-state index is -0.859. The van der Waals surface area contributed by atoms with Gasteiger partial charge in [-0.25, -0.2) is 4.79 Å². The summed E-state index contributed by atoms with van der Waals surface area (Å²) in [6, 6.07) is 7.65. The second kappa shape index (κ2) is 6.59. The third-order valence-electron chi connectivity index (χ3n) is 3.23. The van der Waals surface area contributed by atoms with Gasteiger partial charge in [-0.15, -0.1) is 0 Å². The number of anilines is 1. The third kappa shape index (κ3) is 4.49. The van der Waals surface area contributed by atoms with Gasteiger partial charge in [0.15, 0.2) is 0 Å². The van der Waals surface area contributed by atoms with Gasteiger partial charge >= 0.3 is 5.97 Å². The first-order valence-electron chi connectivity index (χ1n) is 6.40. The molecule has 1 N–H and O–H groups in total. The summed E-state index contributed by atoms with van der Waals surface area (Å²) < 4.78 is 11.4. The lowest BCUT2D eigenvalue weighted by molar-refractivity contribution is -0.148. The van der Waals surface area contributed by atoms with Gasteiger partial charge in [-0.2, -0.15) is 0 Å². The minimum Gasteiger partial charge on any atom is -0.467 e. The normalized spacial score (nSPS) is 14.5. The van der Waals surface area contributed by atoms with Crippen molar-refractivity contribution in [3.05, 3.63) is 28.7 Å². The fourth-order valence-corrected chi connectivity index (χ4v) is 2.43. The highest BCUT2D eigenvalue weighted by Gasteiger charge is 2.40. The van der Waals surface area contributed by atoms with Crippen molar-refractivity contribution in [3.63, 3.8) is 0 Å². The van der Waals surface area contributed by atoms with E-state index in [1.54, 1.807) is 7.11 Å². The number of hydrogen-bond donors (Lipinski definition) is 1. The van der Waals surface area contributed by atoms with Crippen molar-refractivity contribution in [3.8, 4) is 0 Å². The molecule has 0 aliphatic heterocycles. The molecule has 0 aliphatic rings. The molecule has 1 unspecified atom stereocenters. The summed E-state index contributed by atoms with van der Waals surface area (Å²) in [6.45, 7) is 5.70. The Morgan fingerprint density at radius 2 is 1.75 bits per heavy atom. The minimum absolute atomic E-state index is 0.314. The summed E-state index contributed by atoms with van der Waals surface area (Å²) in [5, 5.41) is 3.25. The summed E-state index contributed by atoms with van der Waals surface area (Å²) in [7, 11) is 3.03. The fourth-order valence-electron chi connectivity index (χ4n) is 2.17. The second-order valence-electron chi connectivity index (χ2n) is 5.60. The quantitative estimate of drug-likeness (QED) is 0.801. The maximum Gasteiger partial charge on any atom is 0.331 e. The Balaban J connectivity index is 2.99. The van der Waals surface area contributed by atoms with Gasteiger partial charge in [0.05, 0.1) is 12.7 Å². The second-order valence-corrected chi connectivity index (χ2v) is 6.51. The van der Waals surface area contributed by atoms with Crippen molar-refractivity contribution in [1.29, 1.82) is 0 Å². The maximum absolute atomic E-state index is 12.1. The van der Waals surface area contributed by atoms with Crippen LogP contribution in [0, 0.1) is 0 Å².